The fourth-order valence-corrected chi connectivity index (χ4v) is 12.3. The third kappa shape index (κ3) is 7.52. The van der Waals surface area contributed by atoms with Crippen molar-refractivity contribution >= 4 is 62.2 Å². The van der Waals surface area contributed by atoms with Crippen molar-refractivity contribution in [2.75, 3.05) is 49.5 Å². The molecule has 7 heterocycles. The summed E-state index contributed by atoms with van der Waals surface area (Å²) in [4.78, 5) is 90.6. The molecule has 5 amide bonds. The van der Waals surface area contributed by atoms with Crippen LogP contribution in [0.25, 0.3) is 11.0 Å². The third-order valence-corrected chi connectivity index (χ3v) is 16.3. The molecule has 1 unspecified atom stereocenters. The zero-order chi connectivity index (χ0) is 43.7. The first-order valence-electron chi connectivity index (χ1n) is 21.6. The first kappa shape index (κ1) is 42.0. The molecule has 6 aliphatic rings. The van der Waals surface area contributed by atoms with E-state index in [1.807, 2.05) is 0 Å². The maximum absolute atomic E-state index is 15.5. The molecule has 0 radical (unpaired) electrons. The predicted octanol–water partition coefficient (Wildman–Crippen LogP) is 1.92. The Hall–Kier alpha value is -5.34. The van der Waals surface area contributed by atoms with Gasteiger partial charge in [-0.15, -0.1) is 0 Å². The summed E-state index contributed by atoms with van der Waals surface area (Å²) in [6.45, 7) is 3.62. The summed E-state index contributed by atoms with van der Waals surface area (Å²) in [5, 5.41) is 16.5. The molecule has 3 N–H and O–H groups in total. The van der Waals surface area contributed by atoms with Crippen LogP contribution in [0.5, 0.6) is 0 Å². The van der Waals surface area contributed by atoms with Gasteiger partial charge in [0.25, 0.3) is 17.4 Å². The number of carbonyl (C=O) groups excluding carboxylic acids is 5. The van der Waals surface area contributed by atoms with E-state index < -0.39 is 62.4 Å². The van der Waals surface area contributed by atoms with Gasteiger partial charge in [-0.3, -0.25) is 43.6 Å². The Morgan fingerprint density at radius 2 is 1.60 bits per heavy atom. The van der Waals surface area contributed by atoms with Crippen molar-refractivity contribution in [1.29, 1.82) is 0 Å². The first-order chi connectivity index (χ1) is 29.6. The number of halogens is 1. The summed E-state index contributed by atoms with van der Waals surface area (Å²) in [6, 6.07) is 3.83. The Morgan fingerprint density at radius 1 is 0.903 bits per heavy atom. The minimum absolute atomic E-state index is 0.0104. The van der Waals surface area contributed by atoms with Gasteiger partial charge < -0.3 is 20.2 Å². The average Bonchev–Trinajstić information content (AvgIpc) is 3.73. The van der Waals surface area contributed by atoms with E-state index >= 15 is 4.39 Å². The van der Waals surface area contributed by atoms with Gasteiger partial charge in [0.2, 0.25) is 33.7 Å². The van der Waals surface area contributed by atoms with Crippen molar-refractivity contribution in [2.24, 2.45) is 5.92 Å². The van der Waals surface area contributed by atoms with E-state index in [1.54, 1.807) is 33.6 Å². The standard InChI is InChI=1S/C42H50FN9O9S/c1-42(59)14-2-3-33(42)52-35(54)7-4-25-23-44-41(47-36(25)52)45-26-10-19-50(20-11-26)62(60,61)27-12-17-49(18-13-27)38(56)24-8-15-48(16-9-24)32-22-29-28(21-30(32)43)39(57)51(40(29)58)31-5-6-34(53)46-37(31)55/h4,7,21-24,26-27,31,33,59H,2-3,5-6,8-20H2,1H3,(H,44,45,47)(H,46,53,55)/t31?,33-,42-/m1/s1. The van der Waals surface area contributed by atoms with Crippen LogP contribution in [0.1, 0.15) is 104 Å². The molecule has 3 atom stereocenters. The van der Waals surface area contributed by atoms with E-state index in [0.717, 1.165) is 17.4 Å². The zero-order valence-electron chi connectivity index (χ0n) is 34.4. The van der Waals surface area contributed by atoms with Crippen LogP contribution in [-0.4, -0.2) is 134 Å². The number of fused-ring (bicyclic) bond motifs is 2. The molecule has 5 aliphatic heterocycles. The van der Waals surface area contributed by atoms with Crippen LogP contribution in [0.3, 0.4) is 0 Å². The summed E-state index contributed by atoms with van der Waals surface area (Å²) in [5.41, 5.74) is -0.859. The molecule has 2 aromatic heterocycles. The zero-order valence-corrected chi connectivity index (χ0v) is 35.2. The van der Waals surface area contributed by atoms with E-state index in [9.17, 15) is 42.3 Å². The Labute approximate surface area is 356 Å². The highest BCUT2D eigenvalue weighted by atomic mass is 32.2. The highest BCUT2D eigenvalue weighted by molar-refractivity contribution is 7.89. The SMILES string of the molecule is C[C@@]1(O)CCC[C@H]1n1c(=O)ccc2cnc(NC3CCN(S(=O)(=O)C4CCN(C(=O)C5CCN(c6cc7c(cc6F)C(=O)N(C6CCC(=O)NC6=O)C7=O)CC5)CC4)CC3)nc21. The van der Waals surface area contributed by atoms with E-state index in [0.29, 0.717) is 108 Å². The summed E-state index contributed by atoms with van der Waals surface area (Å²) < 4.78 is 46.2. The number of pyridine rings is 1. The number of aliphatic hydroxyl groups is 1. The van der Waals surface area contributed by atoms with Gasteiger partial charge in [0.1, 0.15) is 17.5 Å². The predicted molar refractivity (Wildman–Crippen MR) is 222 cm³/mol. The minimum Gasteiger partial charge on any atom is -0.388 e. The van der Waals surface area contributed by atoms with Crippen molar-refractivity contribution in [2.45, 2.75) is 107 Å². The molecule has 18 nitrogen and oxygen atoms in total. The Balaban J connectivity index is 0.760. The van der Waals surface area contributed by atoms with Crippen LogP contribution in [0.15, 0.2) is 35.3 Å². The highest BCUT2D eigenvalue weighted by Gasteiger charge is 2.46. The molecule has 0 spiro atoms. The maximum Gasteiger partial charge on any atom is 0.262 e. The number of aromatic nitrogens is 3. The smallest absolute Gasteiger partial charge is 0.262 e. The third-order valence-electron chi connectivity index (χ3n) is 13.9. The van der Waals surface area contributed by atoms with Gasteiger partial charge >= 0.3 is 0 Å². The lowest BCUT2D eigenvalue weighted by molar-refractivity contribution is -0.137. The van der Waals surface area contributed by atoms with Crippen LogP contribution in [0, 0.1) is 11.7 Å². The second kappa shape index (κ2) is 16.1. The molecule has 1 saturated carbocycles. The average molecular weight is 876 g/mol. The summed E-state index contributed by atoms with van der Waals surface area (Å²) >= 11 is 0. The molecule has 62 heavy (non-hydrogen) atoms. The second-order valence-corrected chi connectivity index (χ2v) is 19.9. The molecule has 1 aromatic carbocycles. The molecule has 0 bridgehead atoms. The number of piperidine rings is 4. The number of imide groups is 2. The Kier molecular flexibility index (Phi) is 10.9. The van der Waals surface area contributed by atoms with Crippen LogP contribution in [0.2, 0.25) is 0 Å². The summed E-state index contributed by atoms with van der Waals surface area (Å²) in [5.74, 6) is -3.53. The second-order valence-electron chi connectivity index (χ2n) is 17.7. The normalized spacial score (nSPS) is 26.1. The molecule has 9 rings (SSSR count). The van der Waals surface area contributed by atoms with Crippen LogP contribution < -0.4 is 21.1 Å². The van der Waals surface area contributed by atoms with Gasteiger partial charge in [-0.25, -0.2) is 22.1 Å². The molecule has 330 valence electrons. The Morgan fingerprint density at radius 3 is 2.26 bits per heavy atom. The van der Waals surface area contributed by atoms with Gasteiger partial charge in [-0.2, -0.15) is 4.98 Å². The molecule has 3 aromatic rings. The van der Waals surface area contributed by atoms with Gasteiger partial charge in [0.05, 0.1) is 33.7 Å². The largest absolute Gasteiger partial charge is 0.388 e. The maximum atomic E-state index is 15.5. The fraction of sp³-hybridized carbons (Fsp3) is 0.571. The van der Waals surface area contributed by atoms with E-state index in [2.05, 4.69) is 15.6 Å². The lowest BCUT2D eigenvalue weighted by Gasteiger charge is -2.39. The number of hydrogen-bond acceptors (Lipinski definition) is 13. The van der Waals surface area contributed by atoms with Crippen molar-refractivity contribution < 1.29 is 41.9 Å². The fourth-order valence-electron chi connectivity index (χ4n) is 10.3. The van der Waals surface area contributed by atoms with Gasteiger partial charge in [0.15, 0.2) is 0 Å². The van der Waals surface area contributed by atoms with Gasteiger partial charge in [-0.05, 0) is 89.3 Å². The number of amides is 5. The number of rotatable bonds is 8. The Bertz CT molecular complexity index is 2530. The summed E-state index contributed by atoms with van der Waals surface area (Å²) in [6.07, 6.45) is 6.18. The molecule has 1 aliphatic carbocycles. The number of carbonyl (C=O) groups is 5. The summed E-state index contributed by atoms with van der Waals surface area (Å²) in [7, 11) is -3.63. The lowest BCUT2D eigenvalue weighted by Crippen LogP contribution is -2.54. The van der Waals surface area contributed by atoms with E-state index in [4.69, 9.17) is 4.98 Å². The monoisotopic (exact) mass is 875 g/mol. The highest BCUT2D eigenvalue weighted by Crippen LogP contribution is 2.40. The molecule has 20 heteroatoms. The van der Waals surface area contributed by atoms with Crippen LogP contribution in [-0.2, 0) is 24.4 Å². The minimum atomic E-state index is -3.63. The van der Waals surface area contributed by atoms with Crippen LogP contribution in [0.4, 0.5) is 16.0 Å². The number of nitrogens with one attached hydrogen (secondary N) is 2. The van der Waals surface area contributed by atoms with Crippen molar-refractivity contribution in [3.05, 3.63) is 57.8 Å². The number of hydrogen-bond donors (Lipinski definition) is 3. The lowest BCUT2D eigenvalue weighted by atomic mass is 9.93. The van der Waals surface area contributed by atoms with Gasteiger partial charge in [0, 0.05) is 75.3 Å². The first-order valence-corrected chi connectivity index (χ1v) is 23.1. The number of nitrogens with zero attached hydrogens (tertiary/aromatic N) is 7. The van der Waals surface area contributed by atoms with E-state index in [1.165, 1.54) is 16.4 Å². The van der Waals surface area contributed by atoms with Crippen molar-refractivity contribution in [3.8, 4) is 0 Å². The van der Waals surface area contributed by atoms with Crippen LogP contribution >= 0.6 is 0 Å². The van der Waals surface area contributed by atoms with Gasteiger partial charge in [-0.1, -0.05) is 0 Å². The number of anilines is 2. The molecular weight excluding hydrogens is 826 g/mol. The topological polar surface area (TPSA) is 225 Å². The molecular formula is C42H50FN9O9S. The molecule has 4 saturated heterocycles. The molecule has 5 fully saturated rings. The number of benzene rings is 1. The van der Waals surface area contributed by atoms with Crippen molar-refractivity contribution in [3.63, 3.8) is 0 Å². The quantitative estimate of drug-likeness (QED) is 0.276. The number of sulfonamides is 1. The van der Waals surface area contributed by atoms with Crippen molar-refractivity contribution in [1.82, 2.24) is 34.0 Å². The number of likely N-dealkylation sites (tertiary alicyclic amines) is 1. The van der Waals surface area contributed by atoms with E-state index in [-0.39, 0.29) is 53.1 Å².